The Morgan fingerprint density at radius 1 is 1.53 bits per heavy atom. The van der Waals surface area contributed by atoms with Crippen LogP contribution in [0.15, 0.2) is 0 Å². The van der Waals surface area contributed by atoms with Crippen molar-refractivity contribution < 1.29 is 0 Å². The standard InChI is InChI=1S/C13H23N3S/c1-8(12-9(2)16-10(3)17-12)15-7-13(4,14)11-5-6-11/h8,11,15H,5-7,14H2,1-4H3. The smallest absolute Gasteiger partial charge is 0.0900 e. The number of aryl methyl sites for hydroxylation is 2. The number of thiazole rings is 1. The molecule has 1 aromatic rings. The minimum Gasteiger partial charge on any atom is -0.324 e. The van der Waals surface area contributed by atoms with E-state index in [1.54, 1.807) is 11.3 Å². The maximum atomic E-state index is 6.32. The van der Waals surface area contributed by atoms with Crippen molar-refractivity contribution in [2.75, 3.05) is 6.54 Å². The zero-order valence-electron chi connectivity index (χ0n) is 11.2. The van der Waals surface area contributed by atoms with E-state index in [1.807, 2.05) is 0 Å². The second kappa shape index (κ2) is 4.67. The summed E-state index contributed by atoms with van der Waals surface area (Å²) in [6, 6.07) is 0.350. The maximum Gasteiger partial charge on any atom is 0.0900 e. The average molecular weight is 253 g/mol. The van der Waals surface area contributed by atoms with Gasteiger partial charge < -0.3 is 11.1 Å². The zero-order valence-corrected chi connectivity index (χ0v) is 12.0. The molecule has 4 heteroatoms. The molecule has 1 aromatic heterocycles. The lowest BCUT2D eigenvalue weighted by Crippen LogP contribution is -2.48. The molecular formula is C13H23N3S. The van der Waals surface area contributed by atoms with Crippen LogP contribution in [0.4, 0.5) is 0 Å². The van der Waals surface area contributed by atoms with E-state index in [1.165, 1.54) is 17.7 Å². The second-order valence-electron chi connectivity index (χ2n) is 5.57. The Labute approximate surface area is 108 Å². The zero-order chi connectivity index (χ0) is 12.6. The molecule has 0 bridgehead atoms. The van der Waals surface area contributed by atoms with E-state index in [-0.39, 0.29) is 5.54 Å². The van der Waals surface area contributed by atoms with E-state index in [2.05, 4.69) is 38.0 Å². The molecule has 0 radical (unpaired) electrons. The van der Waals surface area contributed by atoms with Gasteiger partial charge in [0.1, 0.15) is 0 Å². The number of hydrogen-bond acceptors (Lipinski definition) is 4. The second-order valence-corrected chi connectivity index (χ2v) is 6.80. The molecular weight excluding hydrogens is 230 g/mol. The van der Waals surface area contributed by atoms with Crippen molar-refractivity contribution in [1.29, 1.82) is 0 Å². The van der Waals surface area contributed by atoms with Crippen LogP contribution in [-0.4, -0.2) is 17.1 Å². The first-order valence-corrected chi connectivity index (χ1v) is 7.18. The highest BCUT2D eigenvalue weighted by Crippen LogP contribution is 2.38. The van der Waals surface area contributed by atoms with Gasteiger partial charge in [0, 0.05) is 23.0 Å². The Kier molecular flexibility index (Phi) is 3.57. The van der Waals surface area contributed by atoms with Crippen molar-refractivity contribution in [2.24, 2.45) is 11.7 Å². The third kappa shape index (κ3) is 3.06. The summed E-state index contributed by atoms with van der Waals surface area (Å²) in [6.07, 6.45) is 2.59. The molecule has 0 spiro atoms. The first kappa shape index (κ1) is 13.0. The lowest BCUT2D eigenvalue weighted by Gasteiger charge is -2.27. The summed E-state index contributed by atoms with van der Waals surface area (Å²) >= 11 is 1.78. The van der Waals surface area contributed by atoms with Gasteiger partial charge in [-0.2, -0.15) is 0 Å². The van der Waals surface area contributed by atoms with Gasteiger partial charge in [-0.1, -0.05) is 0 Å². The van der Waals surface area contributed by atoms with Crippen LogP contribution in [0.2, 0.25) is 0 Å². The molecule has 3 N–H and O–H groups in total. The van der Waals surface area contributed by atoms with E-state index in [0.29, 0.717) is 12.0 Å². The molecule has 3 nitrogen and oxygen atoms in total. The topological polar surface area (TPSA) is 50.9 Å². The normalized spacial score (nSPS) is 21.2. The summed E-state index contributed by atoms with van der Waals surface area (Å²) in [4.78, 5) is 5.81. The predicted molar refractivity (Wildman–Crippen MR) is 73.3 cm³/mol. The minimum atomic E-state index is -0.0537. The van der Waals surface area contributed by atoms with Crippen LogP contribution in [0, 0.1) is 19.8 Å². The van der Waals surface area contributed by atoms with E-state index in [9.17, 15) is 0 Å². The first-order valence-electron chi connectivity index (χ1n) is 6.36. The highest BCUT2D eigenvalue weighted by molar-refractivity contribution is 7.11. The first-order chi connectivity index (χ1) is 7.90. The van der Waals surface area contributed by atoms with Crippen molar-refractivity contribution in [3.63, 3.8) is 0 Å². The molecule has 96 valence electrons. The Bertz CT molecular complexity index is 393. The fourth-order valence-electron chi connectivity index (χ4n) is 2.30. The molecule has 1 heterocycles. The lowest BCUT2D eigenvalue weighted by molar-refractivity contribution is 0.363. The highest BCUT2D eigenvalue weighted by Gasteiger charge is 2.38. The SMILES string of the molecule is Cc1nc(C)c(C(C)NCC(C)(N)C2CC2)s1. The summed E-state index contributed by atoms with van der Waals surface area (Å²) < 4.78 is 0. The summed E-state index contributed by atoms with van der Waals surface area (Å²) in [7, 11) is 0. The van der Waals surface area contributed by atoms with E-state index >= 15 is 0 Å². The largest absolute Gasteiger partial charge is 0.324 e. The number of nitrogens with one attached hydrogen (secondary N) is 1. The monoisotopic (exact) mass is 253 g/mol. The number of nitrogens with zero attached hydrogens (tertiary/aromatic N) is 1. The number of rotatable bonds is 5. The molecule has 2 atom stereocenters. The minimum absolute atomic E-state index is 0.0537. The van der Waals surface area contributed by atoms with Gasteiger partial charge in [-0.15, -0.1) is 11.3 Å². The van der Waals surface area contributed by atoms with Gasteiger partial charge in [-0.25, -0.2) is 4.98 Å². The molecule has 0 aromatic carbocycles. The maximum absolute atomic E-state index is 6.32. The number of aromatic nitrogens is 1. The predicted octanol–water partition coefficient (Wildman–Crippen LogP) is 2.54. The molecule has 1 saturated carbocycles. The fourth-order valence-corrected chi connectivity index (χ4v) is 3.26. The molecule has 0 amide bonds. The Morgan fingerprint density at radius 3 is 2.65 bits per heavy atom. The van der Waals surface area contributed by atoms with E-state index < -0.39 is 0 Å². The summed E-state index contributed by atoms with van der Waals surface area (Å²) in [5.74, 6) is 0.714. The van der Waals surface area contributed by atoms with E-state index in [0.717, 1.165) is 17.2 Å². The Morgan fingerprint density at radius 2 is 2.18 bits per heavy atom. The summed E-state index contributed by atoms with van der Waals surface area (Å²) in [6.45, 7) is 9.39. The number of nitrogens with two attached hydrogens (primary N) is 1. The van der Waals surface area contributed by atoms with Crippen molar-refractivity contribution in [2.45, 2.75) is 52.1 Å². The lowest BCUT2D eigenvalue weighted by atomic mass is 9.97. The van der Waals surface area contributed by atoms with Crippen LogP contribution < -0.4 is 11.1 Å². The van der Waals surface area contributed by atoms with Gasteiger partial charge in [0.25, 0.3) is 0 Å². The van der Waals surface area contributed by atoms with Crippen LogP contribution in [0.3, 0.4) is 0 Å². The van der Waals surface area contributed by atoms with Crippen LogP contribution in [-0.2, 0) is 0 Å². The fraction of sp³-hybridized carbons (Fsp3) is 0.769. The van der Waals surface area contributed by atoms with Crippen LogP contribution in [0.25, 0.3) is 0 Å². The third-order valence-electron chi connectivity index (χ3n) is 3.63. The molecule has 1 fully saturated rings. The average Bonchev–Trinajstić information content (AvgIpc) is 3.02. The Balaban J connectivity index is 1.93. The quantitative estimate of drug-likeness (QED) is 0.848. The van der Waals surface area contributed by atoms with E-state index in [4.69, 9.17) is 5.73 Å². The molecule has 2 rings (SSSR count). The van der Waals surface area contributed by atoms with Gasteiger partial charge in [0.15, 0.2) is 0 Å². The third-order valence-corrected chi connectivity index (χ3v) is 4.89. The van der Waals surface area contributed by atoms with Gasteiger partial charge >= 0.3 is 0 Å². The van der Waals surface area contributed by atoms with Crippen molar-refractivity contribution in [3.8, 4) is 0 Å². The van der Waals surface area contributed by atoms with Gasteiger partial charge in [0.2, 0.25) is 0 Å². The molecule has 1 aliphatic rings. The van der Waals surface area contributed by atoms with Crippen molar-refractivity contribution in [1.82, 2.24) is 10.3 Å². The molecule has 17 heavy (non-hydrogen) atoms. The highest BCUT2D eigenvalue weighted by atomic mass is 32.1. The van der Waals surface area contributed by atoms with Crippen molar-refractivity contribution >= 4 is 11.3 Å². The molecule has 0 saturated heterocycles. The van der Waals surface area contributed by atoms with Gasteiger partial charge in [-0.3, -0.25) is 0 Å². The van der Waals surface area contributed by atoms with Gasteiger partial charge in [0.05, 0.1) is 10.7 Å². The van der Waals surface area contributed by atoms with Crippen LogP contribution in [0.1, 0.15) is 48.3 Å². The van der Waals surface area contributed by atoms with Crippen LogP contribution in [0.5, 0.6) is 0 Å². The van der Waals surface area contributed by atoms with Crippen LogP contribution >= 0.6 is 11.3 Å². The molecule has 2 unspecified atom stereocenters. The number of hydrogen-bond donors (Lipinski definition) is 2. The van der Waals surface area contributed by atoms with Gasteiger partial charge in [-0.05, 0) is 46.5 Å². The molecule has 0 aliphatic heterocycles. The van der Waals surface area contributed by atoms with Crippen molar-refractivity contribution in [3.05, 3.63) is 15.6 Å². The summed E-state index contributed by atoms with van der Waals surface area (Å²) in [5.41, 5.74) is 7.41. The molecule has 1 aliphatic carbocycles. The Hall–Kier alpha value is -0.450. The summed E-state index contributed by atoms with van der Waals surface area (Å²) in [5, 5.41) is 4.70.